The molecule has 2 unspecified atom stereocenters. The molecule has 0 radical (unpaired) electrons. The molecule has 0 spiro atoms. The summed E-state index contributed by atoms with van der Waals surface area (Å²) in [5.41, 5.74) is 4.97. The van der Waals surface area contributed by atoms with E-state index in [1.54, 1.807) is 18.7 Å². The molecule has 2 fully saturated rings. The quantitative estimate of drug-likeness (QED) is 0.734. The lowest BCUT2D eigenvalue weighted by molar-refractivity contribution is -0.137. The molecule has 22 heavy (non-hydrogen) atoms. The number of nitrogens with one attached hydrogen (secondary N) is 1. The molecule has 2 heterocycles. The van der Waals surface area contributed by atoms with Gasteiger partial charge in [0.2, 0.25) is 5.91 Å². The highest BCUT2D eigenvalue weighted by Gasteiger charge is 2.47. The van der Waals surface area contributed by atoms with Gasteiger partial charge in [0, 0.05) is 18.6 Å². The number of likely N-dealkylation sites (tertiary alicyclic amines) is 1. The van der Waals surface area contributed by atoms with Crippen LogP contribution in [0.15, 0.2) is 0 Å². The number of carbonyl (C=O) groups excluding carboxylic acids is 3. The Bertz CT molecular complexity index is 467. The second-order valence-electron chi connectivity index (χ2n) is 6.41. The van der Waals surface area contributed by atoms with Crippen LogP contribution in [-0.4, -0.2) is 58.4 Å². The highest BCUT2D eigenvalue weighted by molar-refractivity contribution is 6.07. The lowest BCUT2D eigenvalue weighted by Crippen LogP contribution is -2.56. The summed E-state index contributed by atoms with van der Waals surface area (Å²) in [5.74, 6) is -0.516. The SMILES string of the molecule is CC(N)C1CCCCN1C(=O)CN1C(=O)NC(=O)C1(C)C.Cl. The molecule has 0 bridgehead atoms. The largest absolute Gasteiger partial charge is 0.337 e. The van der Waals surface area contributed by atoms with Crippen molar-refractivity contribution in [1.29, 1.82) is 0 Å². The zero-order valence-corrected chi connectivity index (χ0v) is 14.1. The summed E-state index contributed by atoms with van der Waals surface area (Å²) in [6.45, 7) is 5.74. The van der Waals surface area contributed by atoms with Gasteiger partial charge in [-0.2, -0.15) is 0 Å². The number of hydrogen-bond donors (Lipinski definition) is 2. The second kappa shape index (κ2) is 6.83. The minimum absolute atomic E-state index is 0. The first-order chi connectivity index (χ1) is 9.75. The van der Waals surface area contributed by atoms with E-state index in [1.807, 2.05) is 6.92 Å². The third-order valence-electron chi connectivity index (χ3n) is 4.47. The molecule has 3 N–H and O–H groups in total. The van der Waals surface area contributed by atoms with E-state index in [1.165, 1.54) is 4.90 Å². The predicted octanol–water partition coefficient (Wildman–Crippen LogP) is 0.467. The van der Waals surface area contributed by atoms with E-state index in [-0.39, 0.29) is 42.8 Å². The molecule has 0 aromatic heterocycles. The Morgan fingerprint density at radius 1 is 1.41 bits per heavy atom. The summed E-state index contributed by atoms with van der Waals surface area (Å²) in [4.78, 5) is 39.2. The lowest BCUT2D eigenvalue weighted by Gasteiger charge is -2.39. The van der Waals surface area contributed by atoms with Crippen molar-refractivity contribution in [1.82, 2.24) is 15.1 Å². The van der Waals surface area contributed by atoms with E-state index in [4.69, 9.17) is 5.73 Å². The van der Waals surface area contributed by atoms with Gasteiger partial charge < -0.3 is 15.5 Å². The molecular formula is C14H25ClN4O3. The molecule has 2 atom stereocenters. The first kappa shape index (κ1) is 18.7. The van der Waals surface area contributed by atoms with Crippen LogP contribution >= 0.6 is 12.4 Å². The number of piperidine rings is 1. The van der Waals surface area contributed by atoms with Crippen molar-refractivity contribution in [3.8, 4) is 0 Å². The third kappa shape index (κ3) is 3.35. The maximum atomic E-state index is 12.5. The first-order valence-electron chi connectivity index (χ1n) is 7.43. The number of amides is 4. The van der Waals surface area contributed by atoms with Gasteiger partial charge in [-0.25, -0.2) is 4.79 Å². The van der Waals surface area contributed by atoms with Crippen LogP contribution in [0.4, 0.5) is 4.79 Å². The smallest absolute Gasteiger partial charge is 0.325 e. The summed E-state index contributed by atoms with van der Waals surface area (Å²) in [6, 6.07) is -0.597. The number of nitrogens with zero attached hydrogens (tertiary/aromatic N) is 2. The topological polar surface area (TPSA) is 95.7 Å². The van der Waals surface area contributed by atoms with E-state index in [0.29, 0.717) is 6.54 Å². The Balaban J connectivity index is 0.00000242. The predicted molar refractivity (Wildman–Crippen MR) is 84.6 cm³/mol. The molecular weight excluding hydrogens is 308 g/mol. The van der Waals surface area contributed by atoms with Gasteiger partial charge in [-0.05, 0) is 40.0 Å². The van der Waals surface area contributed by atoms with E-state index < -0.39 is 11.6 Å². The molecule has 0 saturated carbocycles. The molecule has 4 amide bonds. The number of rotatable bonds is 3. The van der Waals surface area contributed by atoms with E-state index in [2.05, 4.69) is 5.32 Å². The fourth-order valence-electron chi connectivity index (χ4n) is 3.00. The van der Waals surface area contributed by atoms with E-state index >= 15 is 0 Å². The van der Waals surface area contributed by atoms with Crippen LogP contribution in [0.1, 0.15) is 40.0 Å². The van der Waals surface area contributed by atoms with Gasteiger partial charge in [-0.15, -0.1) is 12.4 Å². The number of halogens is 1. The zero-order valence-electron chi connectivity index (χ0n) is 13.3. The minimum atomic E-state index is -0.994. The van der Waals surface area contributed by atoms with Crippen LogP contribution < -0.4 is 11.1 Å². The maximum absolute atomic E-state index is 12.5. The Labute approximate surface area is 137 Å². The molecule has 0 aromatic carbocycles. The average Bonchev–Trinajstić information content (AvgIpc) is 2.61. The van der Waals surface area contributed by atoms with Crippen molar-refractivity contribution in [3.05, 3.63) is 0 Å². The Morgan fingerprint density at radius 2 is 2.05 bits per heavy atom. The molecule has 2 rings (SSSR count). The van der Waals surface area contributed by atoms with Crippen molar-refractivity contribution in [2.24, 2.45) is 5.73 Å². The molecule has 7 nitrogen and oxygen atoms in total. The minimum Gasteiger partial charge on any atom is -0.337 e. The van der Waals surface area contributed by atoms with Gasteiger partial charge in [0.05, 0.1) is 0 Å². The molecule has 0 aromatic rings. The molecule has 8 heteroatoms. The van der Waals surface area contributed by atoms with Crippen LogP contribution in [0.2, 0.25) is 0 Å². The highest BCUT2D eigenvalue weighted by atomic mass is 35.5. The number of nitrogens with two attached hydrogens (primary N) is 1. The fraction of sp³-hybridized carbons (Fsp3) is 0.786. The summed E-state index contributed by atoms with van der Waals surface area (Å²) < 4.78 is 0. The second-order valence-corrected chi connectivity index (χ2v) is 6.41. The monoisotopic (exact) mass is 332 g/mol. The number of carbonyl (C=O) groups is 3. The van der Waals surface area contributed by atoms with Gasteiger partial charge in [0.25, 0.3) is 5.91 Å². The van der Waals surface area contributed by atoms with Crippen LogP contribution in [0, 0.1) is 0 Å². The van der Waals surface area contributed by atoms with Gasteiger partial charge in [0.1, 0.15) is 12.1 Å². The van der Waals surface area contributed by atoms with Crippen molar-refractivity contribution < 1.29 is 14.4 Å². The van der Waals surface area contributed by atoms with Crippen molar-refractivity contribution >= 4 is 30.3 Å². The van der Waals surface area contributed by atoms with Gasteiger partial charge in [-0.3, -0.25) is 14.9 Å². The summed E-state index contributed by atoms with van der Waals surface area (Å²) in [6.07, 6.45) is 2.89. The fourth-order valence-corrected chi connectivity index (χ4v) is 3.00. The standard InChI is InChI=1S/C14H24N4O3.ClH/c1-9(15)10-6-4-5-7-17(10)11(19)8-18-13(21)16-12(20)14(18,2)3;/h9-10H,4-8,15H2,1-3H3,(H,16,20,21);1H. The summed E-state index contributed by atoms with van der Waals surface area (Å²) >= 11 is 0. The molecule has 0 aliphatic carbocycles. The van der Waals surface area contributed by atoms with Gasteiger partial charge >= 0.3 is 6.03 Å². The highest BCUT2D eigenvalue weighted by Crippen LogP contribution is 2.23. The van der Waals surface area contributed by atoms with E-state index in [9.17, 15) is 14.4 Å². The summed E-state index contributed by atoms with van der Waals surface area (Å²) in [7, 11) is 0. The Morgan fingerprint density at radius 3 is 2.55 bits per heavy atom. The number of urea groups is 1. The number of hydrogen-bond acceptors (Lipinski definition) is 4. The molecule has 126 valence electrons. The van der Waals surface area contributed by atoms with Crippen molar-refractivity contribution in [2.45, 2.75) is 57.7 Å². The van der Waals surface area contributed by atoms with Crippen LogP contribution in [0.3, 0.4) is 0 Å². The summed E-state index contributed by atoms with van der Waals surface area (Å²) in [5, 5.41) is 2.25. The van der Waals surface area contributed by atoms with E-state index in [0.717, 1.165) is 19.3 Å². The molecule has 2 aliphatic heterocycles. The van der Waals surface area contributed by atoms with Gasteiger partial charge in [0.15, 0.2) is 0 Å². The third-order valence-corrected chi connectivity index (χ3v) is 4.47. The first-order valence-corrected chi connectivity index (χ1v) is 7.43. The lowest BCUT2D eigenvalue weighted by atomic mass is 9.96. The Hall–Kier alpha value is -1.34. The molecule has 2 aliphatic rings. The maximum Gasteiger partial charge on any atom is 0.325 e. The zero-order chi connectivity index (χ0) is 15.8. The Kier molecular flexibility index (Phi) is 5.81. The van der Waals surface area contributed by atoms with Crippen LogP contribution in [0.5, 0.6) is 0 Å². The number of imide groups is 1. The average molecular weight is 333 g/mol. The van der Waals surface area contributed by atoms with Crippen LogP contribution in [-0.2, 0) is 9.59 Å². The van der Waals surface area contributed by atoms with Crippen molar-refractivity contribution in [3.63, 3.8) is 0 Å². The van der Waals surface area contributed by atoms with Crippen molar-refractivity contribution in [2.75, 3.05) is 13.1 Å². The van der Waals surface area contributed by atoms with Gasteiger partial charge in [-0.1, -0.05) is 0 Å². The van der Waals surface area contributed by atoms with Crippen LogP contribution in [0.25, 0.3) is 0 Å². The molecule has 2 saturated heterocycles. The normalized spacial score (nSPS) is 25.5.